The molecule has 3 rings (SSSR count). The summed E-state index contributed by atoms with van der Waals surface area (Å²) in [4.78, 5) is 0. The normalized spacial score (nSPS) is 10.6. The van der Waals surface area contributed by atoms with Crippen molar-refractivity contribution in [2.75, 3.05) is 5.73 Å². The molecule has 0 fully saturated rings. The van der Waals surface area contributed by atoms with E-state index in [1.165, 1.54) is 0 Å². The maximum Gasteiger partial charge on any atom is 0.178 e. The molecule has 6 heteroatoms. The molecule has 0 spiro atoms. The van der Waals surface area contributed by atoms with E-state index in [1.54, 1.807) is 30.6 Å². The highest BCUT2D eigenvalue weighted by Gasteiger charge is 2.17. The van der Waals surface area contributed by atoms with Crippen LogP contribution in [0.25, 0.3) is 22.5 Å². The minimum Gasteiger partial charge on any atom is -0.380 e. The number of nitrogens with two attached hydrogens (primary N) is 1. The van der Waals surface area contributed by atoms with Gasteiger partial charge in [-0.1, -0.05) is 28.9 Å². The second-order valence-corrected chi connectivity index (χ2v) is 4.35. The van der Waals surface area contributed by atoms with Gasteiger partial charge >= 0.3 is 0 Å². The summed E-state index contributed by atoms with van der Waals surface area (Å²) in [6.07, 6.45) is 3.18. The van der Waals surface area contributed by atoms with E-state index in [0.717, 1.165) is 16.7 Å². The van der Waals surface area contributed by atoms with Crippen LogP contribution in [0.5, 0.6) is 0 Å². The van der Waals surface area contributed by atoms with Gasteiger partial charge in [0.1, 0.15) is 0 Å². The lowest BCUT2D eigenvalue weighted by Gasteiger charge is -2.02. The maximum atomic E-state index is 5.88. The van der Waals surface area contributed by atoms with Crippen molar-refractivity contribution in [3.8, 4) is 22.5 Å². The van der Waals surface area contributed by atoms with Crippen molar-refractivity contribution in [2.24, 2.45) is 0 Å². The first-order valence-corrected chi connectivity index (χ1v) is 5.91. The van der Waals surface area contributed by atoms with E-state index in [2.05, 4.69) is 15.4 Å². The van der Waals surface area contributed by atoms with Gasteiger partial charge in [0.2, 0.25) is 0 Å². The lowest BCUT2D eigenvalue weighted by atomic mass is 10.0. The first kappa shape index (κ1) is 11.7. The van der Waals surface area contributed by atoms with Crippen LogP contribution in [0.1, 0.15) is 0 Å². The zero-order valence-corrected chi connectivity index (χ0v) is 10.5. The molecule has 0 aliphatic rings. The molecule has 0 saturated heterocycles. The van der Waals surface area contributed by atoms with Crippen LogP contribution in [-0.2, 0) is 0 Å². The molecule has 94 valence electrons. The van der Waals surface area contributed by atoms with Crippen molar-refractivity contribution in [1.29, 1.82) is 0 Å². The van der Waals surface area contributed by atoms with Gasteiger partial charge in [-0.05, 0) is 23.8 Å². The van der Waals surface area contributed by atoms with Crippen LogP contribution >= 0.6 is 11.6 Å². The molecular weight excluding hydrogens is 264 g/mol. The Morgan fingerprint density at radius 2 is 1.79 bits per heavy atom. The average molecular weight is 273 g/mol. The summed E-state index contributed by atoms with van der Waals surface area (Å²) in [5, 5.41) is 12.0. The van der Waals surface area contributed by atoms with Gasteiger partial charge < -0.3 is 10.3 Å². The molecule has 0 aliphatic carbocycles. The third kappa shape index (κ3) is 2.15. The highest BCUT2D eigenvalue weighted by atomic mass is 35.5. The number of hydrogen-bond donors (Lipinski definition) is 1. The number of anilines is 1. The predicted molar refractivity (Wildman–Crippen MR) is 72.4 cm³/mol. The summed E-state index contributed by atoms with van der Waals surface area (Å²) in [6.45, 7) is 0. The van der Waals surface area contributed by atoms with E-state index < -0.39 is 0 Å². The third-order valence-electron chi connectivity index (χ3n) is 2.70. The Bertz CT molecular complexity index is 694. The van der Waals surface area contributed by atoms with Crippen LogP contribution < -0.4 is 5.73 Å². The number of halogens is 1. The molecule has 0 aliphatic heterocycles. The van der Waals surface area contributed by atoms with Crippen molar-refractivity contribution >= 4 is 17.4 Å². The van der Waals surface area contributed by atoms with E-state index in [-0.39, 0.29) is 0 Å². The zero-order chi connectivity index (χ0) is 13.2. The van der Waals surface area contributed by atoms with Crippen LogP contribution in [0.15, 0.2) is 47.2 Å². The topological polar surface area (TPSA) is 77.8 Å². The number of rotatable bonds is 2. The Kier molecular flexibility index (Phi) is 2.89. The second kappa shape index (κ2) is 4.70. The predicted octanol–water partition coefficient (Wildman–Crippen LogP) is 3.03. The molecule has 0 atom stereocenters. The summed E-state index contributed by atoms with van der Waals surface area (Å²) in [7, 11) is 0. The largest absolute Gasteiger partial charge is 0.380 e. The van der Waals surface area contributed by atoms with Crippen LogP contribution in [0.3, 0.4) is 0 Å². The molecule has 5 nitrogen and oxygen atoms in total. The third-order valence-corrected chi connectivity index (χ3v) is 2.95. The fourth-order valence-corrected chi connectivity index (χ4v) is 1.95. The van der Waals surface area contributed by atoms with Crippen molar-refractivity contribution in [3.63, 3.8) is 0 Å². The molecule has 19 heavy (non-hydrogen) atoms. The Morgan fingerprint density at radius 3 is 2.47 bits per heavy atom. The van der Waals surface area contributed by atoms with Gasteiger partial charge in [-0.2, -0.15) is 10.2 Å². The summed E-state index contributed by atoms with van der Waals surface area (Å²) in [5.74, 6) is 0.892. The van der Waals surface area contributed by atoms with E-state index >= 15 is 0 Å². The lowest BCUT2D eigenvalue weighted by Crippen LogP contribution is -1.89. The van der Waals surface area contributed by atoms with Gasteiger partial charge in [0.25, 0.3) is 0 Å². The van der Waals surface area contributed by atoms with Gasteiger partial charge in [0.05, 0.1) is 18.0 Å². The van der Waals surface area contributed by atoms with Gasteiger partial charge in [-0.15, -0.1) is 0 Å². The highest BCUT2D eigenvalue weighted by molar-refractivity contribution is 6.30. The first-order valence-electron chi connectivity index (χ1n) is 5.54. The number of aromatic nitrogens is 3. The smallest absolute Gasteiger partial charge is 0.178 e. The van der Waals surface area contributed by atoms with E-state index in [9.17, 15) is 0 Å². The van der Waals surface area contributed by atoms with Crippen molar-refractivity contribution in [3.05, 3.63) is 47.7 Å². The minimum absolute atomic E-state index is 0.328. The van der Waals surface area contributed by atoms with E-state index in [1.807, 2.05) is 12.1 Å². The first-order chi connectivity index (χ1) is 9.25. The van der Waals surface area contributed by atoms with Crippen LogP contribution in [0.2, 0.25) is 5.02 Å². The molecule has 0 radical (unpaired) electrons. The summed E-state index contributed by atoms with van der Waals surface area (Å²) in [6, 6.07) is 9.09. The quantitative estimate of drug-likeness (QED) is 0.776. The van der Waals surface area contributed by atoms with Gasteiger partial charge in [0, 0.05) is 10.6 Å². The number of benzene rings is 1. The van der Waals surface area contributed by atoms with Crippen LogP contribution in [0, 0.1) is 0 Å². The fraction of sp³-hybridized carbons (Fsp3) is 0. The van der Waals surface area contributed by atoms with Gasteiger partial charge in [-0.3, -0.25) is 0 Å². The monoisotopic (exact) mass is 272 g/mol. The Balaban J connectivity index is 2.17. The van der Waals surface area contributed by atoms with Gasteiger partial charge in [0.15, 0.2) is 11.6 Å². The SMILES string of the molecule is Nc1noc(-c2ccnnc2)c1-c1ccc(Cl)cc1. The molecule has 2 aromatic heterocycles. The van der Waals surface area contributed by atoms with Crippen LogP contribution in [-0.4, -0.2) is 15.4 Å². The molecule has 2 heterocycles. The Morgan fingerprint density at radius 1 is 1.00 bits per heavy atom. The van der Waals surface area contributed by atoms with Gasteiger partial charge in [-0.25, -0.2) is 0 Å². The molecule has 0 unspecified atom stereocenters. The molecule has 0 saturated carbocycles. The Labute approximate surface area is 114 Å². The fourth-order valence-electron chi connectivity index (χ4n) is 1.82. The Hall–Kier alpha value is -2.40. The van der Waals surface area contributed by atoms with E-state index in [4.69, 9.17) is 21.9 Å². The summed E-state index contributed by atoms with van der Waals surface area (Å²) >= 11 is 5.88. The summed E-state index contributed by atoms with van der Waals surface area (Å²) < 4.78 is 5.29. The summed E-state index contributed by atoms with van der Waals surface area (Å²) in [5.41, 5.74) is 8.25. The standard InChI is InChI=1S/C13H9ClN4O/c14-10-3-1-8(2-4-10)11-12(19-18-13(11)15)9-5-6-16-17-7-9/h1-7H,(H2,15,18). The number of hydrogen-bond acceptors (Lipinski definition) is 5. The van der Waals surface area contributed by atoms with Crippen molar-refractivity contribution in [2.45, 2.75) is 0 Å². The molecule has 0 amide bonds. The van der Waals surface area contributed by atoms with Crippen LogP contribution in [0.4, 0.5) is 5.82 Å². The molecular formula is C13H9ClN4O. The molecule has 1 aromatic carbocycles. The molecule has 3 aromatic rings. The lowest BCUT2D eigenvalue weighted by molar-refractivity contribution is 0.436. The number of nitrogen functional groups attached to an aromatic ring is 1. The zero-order valence-electron chi connectivity index (χ0n) is 9.75. The minimum atomic E-state index is 0.328. The molecule has 2 N–H and O–H groups in total. The second-order valence-electron chi connectivity index (χ2n) is 3.91. The van der Waals surface area contributed by atoms with Crippen molar-refractivity contribution in [1.82, 2.24) is 15.4 Å². The van der Waals surface area contributed by atoms with Crippen molar-refractivity contribution < 1.29 is 4.52 Å². The number of nitrogens with zero attached hydrogens (tertiary/aromatic N) is 3. The van der Waals surface area contributed by atoms with E-state index in [0.29, 0.717) is 16.6 Å². The maximum absolute atomic E-state index is 5.88. The molecule has 0 bridgehead atoms. The highest BCUT2D eigenvalue weighted by Crippen LogP contribution is 2.36. The average Bonchev–Trinajstić information content (AvgIpc) is 2.83.